The molecule has 0 bridgehead atoms. The van der Waals surface area contributed by atoms with Gasteiger partial charge < -0.3 is 19.1 Å². The fourth-order valence-electron chi connectivity index (χ4n) is 2.93. The summed E-state index contributed by atoms with van der Waals surface area (Å²) in [7, 11) is 6.47. The van der Waals surface area contributed by atoms with Crippen molar-refractivity contribution >= 4 is 22.5 Å². The van der Waals surface area contributed by atoms with Crippen LogP contribution >= 0.6 is 0 Å². The molecule has 0 fully saturated rings. The lowest BCUT2D eigenvalue weighted by Gasteiger charge is -2.20. The number of ether oxygens (including phenoxy) is 3. The van der Waals surface area contributed by atoms with Crippen molar-refractivity contribution in [2.24, 2.45) is 0 Å². The first-order valence-corrected chi connectivity index (χ1v) is 8.44. The second kappa shape index (κ2) is 7.53. The van der Waals surface area contributed by atoms with Crippen molar-refractivity contribution in [3.8, 4) is 17.2 Å². The molecule has 0 saturated heterocycles. The Morgan fingerprint density at radius 3 is 2.33 bits per heavy atom. The van der Waals surface area contributed by atoms with E-state index in [2.05, 4.69) is 4.98 Å². The van der Waals surface area contributed by atoms with Crippen LogP contribution in [0, 0.1) is 6.92 Å². The monoisotopic (exact) mass is 366 g/mol. The van der Waals surface area contributed by atoms with Crippen molar-refractivity contribution in [1.82, 2.24) is 4.98 Å². The normalized spacial score (nSPS) is 10.6. The van der Waals surface area contributed by atoms with Crippen LogP contribution in [0.5, 0.6) is 17.2 Å². The maximum absolute atomic E-state index is 13.1. The molecule has 140 valence electrons. The van der Waals surface area contributed by atoms with Gasteiger partial charge in [-0.3, -0.25) is 9.78 Å². The molecule has 0 saturated carbocycles. The van der Waals surface area contributed by atoms with Gasteiger partial charge in [0.2, 0.25) is 0 Å². The van der Waals surface area contributed by atoms with Crippen LogP contribution in [-0.2, 0) is 0 Å². The summed E-state index contributed by atoms with van der Waals surface area (Å²) in [6, 6.07) is 12.8. The molecule has 0 atom stereocenters. The van der Waals surface area contributed by atoms with Crippen LogP contribution < -0.4 is 19.1 Å². The summed E-state index contributed by atoms with van der Waals surface area (Å²) in [4.78, 5) is 19.2. The third-order valence-electron chi connectivity index (χ3n) is 4.50. The Hall–Kier alpha value is -3.28. The molecule has 1 heterocycles. The van der Waals surface area contributed by atoms with E-state index in [4.69, 9.17) is 14.2 Å². The average Bonchev–Trinajstić information content (AvgIpc) is 2.71. The molecule has 0 unspecified atom stereocenters. The van der Waals surface area contributed by atoms with Crippen LogP contribution in [0.15, 0.2) is 42.5 Å². The molecule has 3 rings (SSSR count). The smallest absolute Gasteiger partial charge is 0.259 e. The highest BCUT2D eigenvalue weighted by molar-refractivity contribution is 6.08. The minimum atomic E-state index is -0.156. The molecule has 6 heteroatoms. The van der Waals surface area contributed by atoms with Crippen molar-refractivity contribution in [2.45, 2.75) is 6.92 Å². The van der Waals surface area contributed by atoms with E-state index in [0.717, 1.165) is 16.7 Å². The molecule has 0 radical (unpaired) electrons. The molecule has 0 aliphatic rings. The molecule has 27 heavy (non-hydrogen) atoms. The van der Waals surface area contributed by atoms with E-state index in [1.807, 2.05) is 37.3 Å². The van der Waals surface area contributed by atoms with Gasteiger partial charge in [-0.15, -0.1) is 0 Å². The van der Waals surface area contributed by atoms with E-state index in [1.165, 1.54) is 0 Å². The van der Waals surface area contributed by atoms with Gasteiger partial charge in [-0.2, -0.15) is 0 Å². The Morgan fingerprint density at radius 2 is 1.67 bits per heavy atom. The highest BCUT2D eigenvalue weighted by atomic mass is 16.5. The Morgan fingerprint density at radius 1 is 0.926 bits per heavy atom. The third-order valence-corrected chi connectivity index (χ3v) is 4.50. The molecule has 0 aliphatic heterocycles. The number of methoxy groups -OCH3 is 3. The van der Waals surface area contributed by atoms with Gasteiger partial charge >= 0.3 is 0 Å². The topological polar surface area (TPSA) is 60.9 Å². The summed E-state index contributed by atoms with van der Waals surface area (Å²) in [6.07, 6.45) is 0. The number of hydrogen-bond donors (Lipinski definition) is 0. The summed E-state index contributed by atoms with van der Waals surface area (Å²) in [5.74, 6) is 1.74. The van der Waals surface area contributed by atoms with Gasteiger partial charge in [0.1, 0.15) is 5.75 Å². The molecule has 0 spiro atoms. The molecular formula is C21H22N2O4. The van der Waals surface area contributed by atoms with Crippen molar-refractivity contribution < 1.29 is 19.0 Å². The van der Waals surface area contributed by atoms with Crippen LogP contribution in [0.4, 0.5) is 5.69 Å². The van der Waals surface area contributed by atoms with Crippen molar-refractivity contribution in [3.63, 3.8) is 0 Å². The molecule has 1 aromatic heterocycles. The van der Waals surface area contributed by atoms with Gasteiger partial charge in [0.05, 0.1) is 38.1 Å². The van der Waals surface area contributed by atoms with E-state index < -0.39 is 0 Å². The van der Waals surface area contributed by atoms with E-state index in [9.17, 15) is 4.79 Å². The molecular weight excluding hydrogens is 344 g/mol. The predicted octanol–water partition coefficient (Wildman–Crippen LogP) is 3.85. The Kier molecular flexibility index (Phi) is 5.16. The molecule has 0 N–H and O–H groups in total. The summed E-state index contributed by atoms with van der Waals surface area (Å²) >= 11 is 0. The number of pyridine rings is 1. The van der Waals surface area contributed by atoms with Crippen LogP contribution in [0.2, 0.25) is 0 Å². The van der Waals surface area contributed by atoms with Crippen molar-refractivity contribution in [3.05, 3.63) is 53.7 Å². The summed E-state index contributed by atoms with van der Waals surface area (Å²) < 4.78 is 15.9. The second-order valence-electron chi connectivity index (χ2n) is 6.08. The first-order chi connectivity index (χ1) is 13.0. The van der Waals surface area contributed by atoms with Gasteiger partial charge in [-0.05, 0) is 43.3 Å². The maximum atomic E-state index is 13.1. The molecule has 6 nitrogen and oxygen atoms in total. The number of carbonyl (C=O) groups excluding carboxylic acids is 1. The van der Waals surface area contributed by atoms with Crippen molar-refractivity contribution in [2.75, 3.05) is 33.3 Å². The lowest BCUT2D eigenvalue weighted by Crippen LogP contribution is -2.27. The fourth-order valence-corrected chi connectivity index (χ4v) is 2.93. The average molecular weight is 366 g/mol. The van der Waals surface area contributed by atoms with Gasteiger partial charge in [-0.25, -0.2) is 0 Å². The van der Waals surface area contributed by atoms with Gasteiger partial charge in [0, 0.05) is 24.2 Å². The lowest BCUT2D eigenvalue weighted by atomic mass is 10.1. The van der Waals surface area contributed by atoms with Crippen LogP contribution in [0.1, 0.15) is 16.1 Å². The number of benzene rings is 2. The summed E-state index contributed by atoms with van der Waals surface area (Å²) in [5.41, 5.74) is 2.72. The van der Waals surface area contributed by atoms with E-state index in [1.54, 1.807) is 45.4 Å². The highest BCUT2D eigenvalue weighted by Gasteiger charge is 2.19. The van der Waals surface area contributed by atoms with Crippen LogP contribution in [0.25, 0.3) is 10.9 Å². The van der Waals surface area contributed by atoms with Crippen LogP contribution in [-0.4, -0.2) is 39.3 Å². The minimum Gasteiger partial charge on any atom is -0.497 e. The number of hydrogen-bond acceptors (Lipinski definition) is 5. The molecule has 1 amide bonds. The standard InChI is InChI=1S/C21H22N2O4/c1-13-17(11-14-10-16(25-3)7-8-18(14)22-13)21(24)23(2)15-6-9-19(26-4)20(12-15)27-5/h6-12H,1-5H3. The van der Waals surface area contributed by atoms with E-state index >= 15 is 0 Å². The number of rotatable bonds is 5. The molecule has 3 aromatic rings. The predicted molar refractivity (Wildman–Crippen MR) is 105 cm³/mol. The Balaban J connectivity index is 2.00. The van der Waals surface area contributed by atoms with Crippen molar-refractivity contribution in [1.29, 1.82) is 0 Å². The summed E-state index contributed by atoms with van der Waals surface area (Å²) in [6.45, 7) is 1.83. The first-order valence-electron chi connectivity index (χ1n) is 8.44. The Bertz CT molecular complexity index is 1000. The second-order valence-corrected chi connectivity index (χ2v) is 6.08. The Labute approximate surface area is 158 Å². The zero-order valence-electron chi connectivity index (χ0n) is 16.1. The lowest BCUT2D eigenvalue weighted by molar-refractivity contribution is 0.0992. The van der Waals surface area contributed by atoms with Crippen LogP contribution in [0.3, 0.4) is 0 Å². The quantitative estimate of drug-likeness (QED) is 0.686. The van der Waals surface area contributed by atoms with Gasteiger partial charge in [0.15, 0.2) is 11.5 Å². The number of aryl methyl sites for hydroxylation is 1. The zero-order valence-corrected chi connectivity index (χ0v) is 16.1. The maximum Gasteiger partial charge on any atom is 0.259 e. The SMILES string of the molecule is COc1ccc2nc(C)c(C(=O)N(C)c3ccc(OC)c(OC)c3)cc2c1. The first kappa shape index (κ1) is 18.5. The number of aromatic nitrogens is 1. The number of fused-ring (bicyclic) bond motifs is 1. The minimum absolute atomic E-state index is 0.156. The third kappa shape index (κ3) is 3.51. The largest absolute Gasteiger partial charge is 0.497 e. The number of amides is 1. The number of anilines is 1. The fraction of sp³-hybridized carbons (Fsp3) is 0.238. The number of carbonyl (C=O) groups is 1. The zero-order chi connectivity index (χ0) is 19.6. The van der Waals surface area contributed by atoms with E-state index in [-0.39, 0.29) is 5.91 Å². The van der Waals surface area contributed by atoms with Gasteiger partial charge in [0.25, 0.3) is 5.91 Å². The molecule has 0 aliphatic carbocycles. The van der Waals surface area contributed by atoms with E-state index in [0.29, 0.717) is 28.4 Å². The molecule has 2 aromatic carbocycles. The highest BCUT2D eigenvalue weighted by Crippen LogP contribution is 2.32. The number of nitrogens with zero attached hydrogens (tertiary/aromatic N) is 2. The summed E-state index contributed by atoms with van der Waals surface area (Å²) in [5, 5.41) is 0.851. The van der Waals surface area contributed by atoms with Gasteiger partial charge in [-0.1, -0.05) is 0 Å².